The lowest BCUT2D eigenvalue weighted by atomic mass is 10.0. The smallest absolute Gasteiger partial charge is 0.305 e. The molecule has 458 valence electrons. The third kappa shape index (κ3) is 63.0. The Bertz CT molecular complexity index is 1310. The topological polar surface area (TPSA) is 95.9 Å². The van der Waals surface area contributed by atoms with Gasteiger partial charge in [-0.1, -0.05) is 319 Å². The molecule has 2 atom stereocenters. The highest BCUT2D eigenvalue weighted by atomic mass is 16.5. The molecule has 6 nitrogen and oxygen atoms in total. The average Bonchev–Trinajstić information content (AvgIpc) is 3.44. The number of aliphatic hydroxyl groups excluding tert-OH is 2. The lowest BCUT2D eigenvalue weighted by Gasteiger charge is -2.20. The number of hydrogen-bond acceptors (Lipinski definition) is 5. The Morgan fingerprint density at radius 1 is 0.359 bits per heavy atom. The van der Waals surface area contributed by atoms with E-state index in [4.69, 9.17) is 4.74 Å². The summed E-state index contributed by atoms with van der Waals surface area (Å²) in [4.78, 5) is 24.6. The predicted octanol–water partition coefficient (Wildman–Crippen LogP) is 22.5. The normalized spacial score (nSPS) is 12.8. The summed E-state index contributed by atoms with van der Waals surface area (Å²) in [7, 11) is 0. The van der Waals surface area contributed by atoms with Crippen LogP contribution in [0.3, 0.4) is 0 Å². The number of rotatable bonds is 65. The first kappa shape index (κ1) is 75.8. The van der Waals surface area contributed by atoms with Gasteiger partial charge < -0.3 is 20.3 Å². The number of amides is 1. The monoisotopic (exact) mass is 1090 g/mol. The molecule has 78 heavy (non-hydrogen) atoms. The van der Waals surface area contributed by atoms with Gasteiger partial charge in [-0.15, -0.1) is 0 Å². The van der Waals surface area contributed by atoms with E-state index in [2.05, 4.69) is 55.6 Å². The zero-order valence-corrected chi connectivity index (χ0v) is 52.4. The lowest BCUT2D eigenvalue weighted by Crippen LogP contribution is -2.45. The minimum atomic E-state index is -0.849. The number of allylic oxidation sites excluding steroid dienone is 7. The van der Waals surface area contributed by atoms with E-state index in [1.807, 2.05) is 6.08 Å². The van der Waals surface area contributed by atoms with Crippen LogP contribution in [-0.2, 0) is 14.3 Å². The van der Waals surface area contributed by atoms with E-state index in [1.165, 1.54) is 295 Å². The second kappa shape index (κ2) is 67.3. The van der Waals surface area contributed by atoms with Crippen LogP contribution >= 0.6 is 0 Å². The van der Waals surface area contributed by atoms with Gasteiger partial charge in [-0.2, -0.15) is 0 Å². The molecule has 0 aromatic rings. The van der Waals surface area contributed by atoms with Crippen LogP contribution in [0.5, 0.6) is 0 Å². The maximum absolute atomic E-state index is 12.5. The van der Waals surface area contributed by atoms with E-state index >= 15 is 0 Å². The molecule has 0 aliphatic rings. The summed E-state index contributed by atoms with van der Waals surface area (Å²) < 4.78 is 5.49. The van der Waals surface area contributed by atoms with Gasteiger partial charge in [0.2, 0.25) is 5.91 Å². The van der Waals surface area contributed by atoms with Crippen LogP contribution < -0.4 is 5.32 Å². The molecule has 0 saturated heterocycles. The SMILES string of the molecule is CCCCCC/C=C\C/C=C\CCCCCCCC(=O)OCCCCCCCCCCCCCC/C=C\CCCCCCCCCCC(=O)NC(CO)C(O)/C=C/CCCCCCCCCCCCCCCCCCCCC. The summed E-state index contributed by atoms with van der Waals surface area (Å²) in [5.74, 6) is -0.0711. The van der Waals surface area contributed by atoms with Crippen molar-refractivity contribution in [2.45, 2.75) is 386 Å². The molecule has 1 amide bonds. The van der Waals surface area contributed by atoms with Gasteiger partial charge in [0.05, 0.1) is 25.4 Å². The van der Waals surface area contributed by atoms with Crippen molar-refractivity contribution in [1.29, 1.82) is 0 Å². The molecule has 3 N–H and O–H groups in total. The first-order valence-corrected chi connectivity index (χ1v) is 34.9. The molecule has 0 aliphatic carbocycles. The number of aliphatic hydroxyl groups is 2. The molecule has 2 unspecified atom stereocenters. The van der Waals surface area contributed by atoms with Gasteiger partial charge in [0.25, 0.3) is 0 Å². The quantitative estimate of drug-likeness (QED) is 0.0320. The molecule has 0 spiro atoms. The zero-order valence-electron chi connectivity index (χ0n) is 52.4. The molecule has 0 heterocycles. The van der Waals surface area contributed by atoms with Gasteiger partial charge in [-0.25, -0.2) is 0 Å². The van der Waals surface area contributed by atoms with Crippen molar-refractivity contribution in [3.8, 4) is 0 Å². The minimum Gasteiger partial charge on any atom is -0.466 e. The van der Waals surface area contributed by atoms with Gasteiger partial charge in [0, 0.05) is 12.8 Å². The van der Waals surface area contributed by atoms with Gasteiger partial charge >= 0.3 is 5.97 Å². The summed E-state index contributed by atoms with van der Waals surface area (Å²) >= 11 is 0. The third-order valence-corrected chi connectivity index (χ3v) is 16.1. The van der Waals surface area contributed by atoms with Crippen LogP contribution in [0.15, 0.2) is 48.6 Å². The highest BCUT2D eigenvalue weighted by Gasteiger charge is 2.18. The van der Waals surface area contributed by atoms with E-state index in [-0.39, 0.29) is 18.5 Å². The Kier molecular flexibility index (Phi) is 65.4. The van der Waals surface area contributed by atoms with Gasteiger partial charge in [-0.05, 0) is 89.9 Å². The molecule has 6 heteroatoms. The molecular weight excluding hydrogens is 959 g/mol. The fourth-order valence-electron chi connectivity index (χ4n) is 10.7. The van der Waals surface area contributed by atoms with Crippen LogP contribution in [0.25, 0.3) is 0 Å². The summed E-state index contributed by atoms with van der Waals surface area (Å²) in [6.45, 7) is 4.90. The van der Waals surface area contributed by atoms with Gasteiger partial charge in [-0.3, -0.25) is 9.59 Å². The van der Waals surface area contributed by atoms with Crippen molar-refractivity contribution in [3.63, 3.8) is 0 Å². The maximum atomic E-state index is 12.5. The van der Waals surface area contributed by atoms with Crippen LogP contribution in [0, 0.1) is 0 Å². The number of carbonyl (C=O) groups excluding carboxylic acids is 2. The Labute approximate surface area is 486 Å². The van der Waals surface area contributed by atoms with Crippen LogP contribution in [0.2, 0.25) is 0 Å². The summed E-state index contributed by atoms with van der Waals surface area (Å²) in [6.07, 6.45) is 87.5. The summed E-state index contributed by atoms with van der Waals surface area (Å²) in [5.41, 5.74) is 0. The Morgan fingerprint density at radius 2 is 0.641 bits per heavy atom. The molecule has 0 fully saturated rings. The Morgan fingerprint density at radius 3 is 1.00 bits per heavy atom. The van der Waals surface area contributed by atoms with E-state index in [9.17, 15) is 19.8 Å². The van der Waals surface area contributed by atoms with Crippen LogP contribution in [0.4, 0.5) is 0 Å². The number of nitrogens with one attached hydrogen (secondary N) is 1. The largest absolute Gasteiger partial charge is 0.466 e. The second-order valence-corrected chi connectivity index (χ2v) is 23.9. The first-order valence-electron chi connectivity index (χ1n) is 34.9. The lowest BCUT2D eigenvalue weighted by molar-refractivity contribution is -0.143. The number of esters is 1. The van der Waals surface area contributed by atoms with E-state index in [0.29, 0.717) is 19.4 Å². The Hall–Kier alpha value is -2.18. The number of unbranched alkanes of at least 4 members (excludes halogenated alkanes) is 48. The molecule has 0 radical (unpaired) electrons. The van der Waals surface area contributed by atoms with Crippen molar-refractivity contribution < 1.29 is 24.5 Å². The van der Waals surface area contributed by atoms with E-state index in [0.717, 1.165) is 51.4 Å². The summed E-state index contributed by atoms with van der Waals surface area (Å²) in [6, 6.07) is -0.633. The Balaban J connectivity index is 3.44. The predicted molar refractivity (Wildman–Crippen MR) is 342 cm³/mol. The molecule has 0 rings (SSSR count). The standard InChI is InChI=1S/C72H135NO5/c1-3-5-7-9-11-13-15-17-19-21-22-27-30-33-36-40-44-48-52-56-60-64-70(75)69(68-74)73-71(76)65-61-57-53-49-45-41-37-34-31-28-25-23-24-26-29-32-35-39-43-47-51-55-59-63-67-78-72(77)66-62-58-54-50-46-42-38-20-18-16-14-12-10-8-6-4-2/h14,16,20,25,28,38,60,64,69-70,74-75H,3-13,15,17-19,21-24,26-27,29-37,39-59,61-63,65-68H2,1-2H3,(H,73,76)/b16-14-,28-25-,38-20-,64-60+. The van der Waals surface area contributed by atoms with Crippen LogP contribution in [0.1, 0.15) is 373 Å². The first-order chi connectivity index (χ1) is 38.5. The van der Waals surface area contributed by atoms with E-state index < -0.39 is 12.1 Å². The zero-order chi connectivity index (χ0) is 56.4. The minimum absolute atomic E-state index is 0.00125. The molecule has 0 aromatic heterocycles. The van der Waals surface area contributed by atoms with E-state index in [1.54, 1.807) is 6.08 Å². The van der Waals surface area contributed by atoms with Crippen LogP contribution in [-0.4, -0.2) is 47.4 Å². The second-order valence-electron chi connectivity index (χ2n) is 23.9. The van der Waals surface area contributed by atoms with Crippen molar-refractivity contribution in [2.24, 2.45) is 0 Å². The van der Waals surface area contributed by atoms with Crippen molar-refractivity contribution in [2.75, 3.05) is 13.2 Å². The molecule has 0 aromatic carbocycles. The van der Waals surface area contributed by atoms with Crippen molar-refractivity contribution >= 4 is 11.9 Å². The maximum Gasteiger partial charge on any atom is 0.305 e. The highest BCUT2D eigenvalue weighted by Crippen LogP contribution is 2.18. The molecular formula is C72H135NO5. The molecule has 0 aliphatic heterocycles. The number of hydrogen-bond donors (Lipinski definition) is 3. The third-order valence-electron chi connectivity index (χ3n) is 16.1. The average molecular weight is 1090 g/mol. The van der Waals surface area contributed by atoms with Gasteiger partial charge in [0.1, 0.15) is 0 Å². The van der Waals surface area contributed by atoms with Gasteiger partial charge in [0.15, 0.2) is 0 Å². The van der Waals surface area contributed by atoms with Crippen molar-refractivity contribution in [3.05, 3.63) is 48.6 Å². The number of ether oxygens (including phenoxy) is 1. The summed E-state index contributed by atoms with van der Waals surface area (Å²) in [5, 5.41) is 23.2. The molecule has 0 saturated carbocycles. The fourth-order valence-corrected chi connectivity index (χ4v) is 10.7. The highest BCUT2D eigenvalue weighted by molar-refractivity contribution is 5.76. The fraction of sp³-hybridized carbons (Fsp3) is 0.861. The number of carbonyl (C=O) groups is 2. The molecule has 0 bridgehead atoms. The van der Waals surface area contributed by atoms with Crippen molar-refractivity contribution in [1.82, 2.24) is 5.32 Å².